The molecule has 27 heavy (non-hydrogen) atoms. The molecule has 0 aliphatic rings. The lowest BCUT2D eigenvalue weighted by atomic mass is 9.95. The number of hydrogen-bond donors (Lipinski definition) is 0. The van der Waals surface area contributed by atoms with E-state index >= 15 is 0 Å². The van der Waals surface area contributed by atoms with Crippen LogP contribution in [0.5, 0.6) is 0 Å². The summed E-state index contributed by atoms with van der Waals surface area (Å²) in [6.45, 7) is 0. The third-order valence-corrected chi connectivity index (χ3v) is 4.86. The molecule has 3 aromatic carbocycles. The van der Waals surface area contributed by atoms with Crippen molar-refractivity contribution in [2.75, 3.05) is 0 Å². The van der Waals surface area contributed by atoms with Crippen LogP contribution in [-0.4, -0.2) is 0 Å². The van der Waals surface area contributed by atoms with Crippen LogP contribution in [0.2, 0.25) is 0 Å². The highest BCUT2D eigenvalue weighted by molar-refractivity contribution is 6.49. The van der Waals surface area contributed by atoms with Crippen molar-refractivity contribution >= 4 is 33.3 Å². The van der Waals surface area contributed by atoms with Gasteiger partial charge in [0.15, 0.2) is 0 Å². The van der Waals surface area contributed by atoms with Gasteiger partial charge >= 0.3 is 0 Å². The zero-order valence-electron chi connectivity index (χ0n) is 14.5. The molecule has 0 N–H and O–H groups in total. The van der Waals surface area contributed by atoms with Gasteiger partial charge in [-0.2, -0.15) is 5.26 Å². The summed E-state index contributed by atoms with van der Waals surface area (Å²) in [5.41, 5.74) is 3.52. The first kappa shape index (κ1) is 19.0. The molecular weight excluding hydrogens is 373 g/mol. The Morgan fingerprint density at radius 3 is 1.56 bits per heavy atom. The number of nitriles is 1. The van der Waals surface area contributed by atoms with E-state index in [1.165, 1.54) is 0 Å². The molecular formula is C24H17Cl2N. The molecule has 0 radical (unpaired) electrons. The van der Waals surface area contributed by atoms with Crippen LogP contribution in [0.1, 0.15) is 28.2 Å². The van der Waals surface area contributed by atoms with Crippen molar-refractivity contribution in [2.45, 2.75) is 5.92 Å². The van der Waals surface area contributed by atoms with Gasteiger partial charge < -0.3 is 0 Å². The SMILES string of the molecule is N#Cc1ccc(C(/C=C(\Cl)c2ccccc2)/C=C(\Cl)c2ccccc2)cc1. The molecule has 0 aliphatic heterocycles. The summed E-state index contributed by atoms with van der Waals surface area (Å²) in [6, 6.07) is 29.2. The number of hydrogen-bond acceptors (Lipinski definition) is 1. The number of rotatable bonds is 5. The van der Waals surface area contributed by atoms with Gasteiger partial charge in [-0.15, -0.1) is 0 Å². The van der Waals surface area contributed by atoms with Gasteiger partial charge in [-0.3, -0.25) is 0 Å². The van der Waals surface area contributed by atoms with E-state index < -0.39 is 0 Å². The average molecular weight is 390 g/mol. The van der Waals surface area contributed by atoms with Gasteiger partial charge in [0.25, 0.3) is 0 Å². The van der Waals surface area contributed by atoms with Crippen LogP contribution in [0.25, 0.3) is 10.1 Å². The maximum Gasteiger partial charge on any atom is 0.0991 e. The minimum atomic E-state index is -0.127. The Balaban J connectivity index is 2.02. The normalized spacial score (nSPS) is 12.1. The molecule has 3 rings (SSSR count). The lowest BCUT2D eigenvalue weighted by Crippen LogP contribution is -1.94. The summed E-state index contributed by atoms with van der Waals surface area (Å²) in [4.78, 5) is 0. The van der Waals surface area contributed by atoms with E-state index in [1.54, 1.807) is 12.1 Å². The number of nitrogens with zero attached hydrogens (tertiary/aromatic N) is 1. The van der Waals surface area contributed by atoms with Gasteiger partial charge in [0.1, 0.15) is 0 Å². The van der Waals surface area contributed by atoms with Gasteiger partial charge in [-0.25, -0.2) is 0 Å². The Morgan fingerprint density at radius 1 is 0.704 bits per heavy atom. The zero-order valence-corrected chi connectivity index (χ0v) is 16.0. The molecule has 0 atom stereocenters. The first-order chi connectivity index (χ1) is 13.2. The van der Waals surface area contributed by atoms with Crippen LogP contribution in [0.3, 0.4) is 0 Å². The summed E-state index contributed by atoms with van der Waals surface area (Å²) in [5.74, 6) is -0.127. The monoisotopic (exact) mass is 389 g/mol. The second-order valence-corrected chi connectivity index (χ2v) is 6.84. The summed E-state index contributed by atoms with van der Waals surface area (Å²) in [7, 11) is 0. The molecule has 0 heterocycles. The van der Waals surface area contributed by atoms with Crippen LogP contribution >= 0.6 is 23.2 Å². The quantitative estimate of drug-likeness (QED) is 0.452. The molecule has 0 fully saturated rings. The second kappa shape index (κ2) is 9.24. The highest BCUT2D eigenvalue weighted by atomic mass is 35.5. The highest BCUT2D eigenvalue weighted by Gasteiger charge is 2.11. The Hall–Kier alpha value is -2.79. The van der Waals surface area contributed by atoms with Gasteiger partial charge in [0.05, 0.1) is 11.6 Å². The van der Waals surface area contributed by atoms with Gasteiger partial charge in [-0.1, -0.05) is 108 Å². The molecule has 0 aromatic heterocycles. The largest absolute Gasteiger partial charge is 0.192 e. The van der Waals surface area contributed by atoms with Crippen LogP contribution in [0, 0.1) is 11.3 Å². The molecule has 0 spiro atoms. The predicted molar refractivity (Wildman–Crippen MR) is 114 cm³/mol. The Labute approximate surface area is 169 Å². The fourth-order valence-corrected chi connectivity index (χ4v) is 3.25. The van der Waals surface area contributed by atoms with Crippen LogP contribution in [0.15, 0.2) is 97.1 Å². The van der Waals surface area contributed by atoms with Gasteiger partial charge in [0, 0.05) is 16.0 Å². The van der Waals surface area contributed by atoms with E-state index in [9.17, 15) is 0 Å². The molecule has 3 aromatic rings. The van der Waals surface area contributed by atoms with Crippen LogP contribution < -0.4 is 0 Å². The summed E-state index contributed by atoms with van der Waals surface area (Å²) in [5, 5.41) is 10.3. The molecule has 0 bridgehead atoms. The van der Waals surface area contributed by atoms with E-state index in [4.69, 9.17) is 28.5 Å². The Morgan fingerprint density at radius 2 is 1.15 bits per heavy atom. The van der Waals surface area contributed by atoms with Crippen molar-refractivity contribution < 1.29 is 0 Å². The smallest absolute Gasteiger partial charge is 0.0991 e. The highest BCUT2D eigenvalue weighted by Crippen LogP contribution is 2.31. The topological polar surface area (TPSA) is 23.8 Å². The van der Waals surface area contributed by atoms with Crippen molar-refractivity contribution in [3.8, 4) is 6.07 Å². The number of benzene rings is 3. The van der Waals surface area contributed by atoms with E-state index in [0.717, 1.165) is 16.7 Å². The van der Waals surface area contributed by atoms with E-state index in [1.807, 2.05) is 84.9 Å². The van der Waals surface area contributed by atoms with Gasteiger partial charge in [-0.05, 0) is 28.8 Å². The molecule has 0 saturated heterocycles. The fraction of sp³-hybridized carbons (Fsp3) is 0.0417. The predicted octanol–water partition coefficient (Wildman–Crippen LogP) is 7.20. The molecule has 0 amide bonds. The Bertz CT molecular complexity index is 927. The lowest BCUT2D eigenvalue weighted by molar-refractivity contribution is 1.09. The summed E-state index contributed by atoms with van der Waals surface area (Å²) in [6.07, 6.45) is 3.95. The van der Waals surface area contributed by atoms with Gasteiger partial charge in [0.2, 0.25) is 0 Å². The zero-order chi connectivity index (χ0) is 19.1. The van der Waals surface area contributed by atoms with E-state index in [-0.39, 0.29) is 5.92 Å². The molecule has 3 heteroatoms. The minimum Gasteiger partial charge on any atom is -0.192 e. The van der Waals surface area contributed by atoms with E-state index in [0.29, 0.717) is 15.6 Å². The van der Waals surface area contributed by atoms with Crippen molar-refractivity contribution in [3.05, 3.63) is 119 Å². The van der Waals surface area contributed by atoms with Crippen molar-refractivity contribution in [3.63, 3.8) is 0 Å². The molecule has 1 nitrogen and oxygen atoms in total. The second-order valence-electron chi connectivity index (χ2n) is 6.02. The van der Waals surface area contributed by atoms with Crippen LogP contribution in [-0.2, 0) is 0 Å². The minimum absolute atomic E-state index is 0.127. The molecule has 132 valence electrons. The van der Waals surface area contributed by atoms with Crippen molar-refractivity contribution in [1.29, 1.82) is 5.26 Å². The van der Waals surface area contributed by atoms with Crippen molar-refractivity contribution in [1.82, 2.24) is 0 Å². The molecule has 0 unspecified atom stereocenters. The number of allylic oxidation sites excluding steroid dienone is 2. The molecule has 0 saturated carbocycles. The van der Waals surface area contributed by atoms with E-state index in [2.05, 4.69) is 6.07 Å². The van der Waals surface area contributed by atoms with Crippen molar-refractivity contribution in [2.24, 2.45) is 0 Å². The summed E-state index contributed by atoms with van der Waals surface area (Å²) < 4.78 is 0. The third-order valence-electron chi connectivity index (χ3n) is 4.18. The lowest BCUT2D eigenvalue weighted by Gasteiger charge is -2.12. The summed E-state index contributed by atoms with van der Waals surface area (Å²) >= 11 is 13.2. The first-order valence-electron chi connectivity index (χ1n) is 8.53. The Kier molecular flexibility index (Phi) is 6.49. The fourth-order valence-electron chi connectivity index (χ4n) is 2.72. The standard InChI is InChI=1S/C24H17Cl2N/c25-23(20-7-3-1-4-8-20)15-22(19-13-11-18(17-27)12-14-19)16-24(26)21-9-5-2-6-10-21/h1-16,22H/b23-15-,24-16-. The average Bonchev–Trinajstić information content (AvgIpc) is 2.74. The first-order valence-corrected chi connectivity index (χ1v) is 9.28. The maximum atomic E-state index is 9.04. The third kappa shape index (κ3) is 5.11. The maximum absolute atomic E-state index is 9.04. The number of halogens is 2. The molecule has 0 aliphatic carbocycles. The van der Waals surface area contributed by atoms with Crippen LogP contribution in [0.4, 0.5) is 0 Å².